The van der Waals surface area contributed by atoms with Gasteiger partial charge in [0.15, 0.2) is 10.1 Å². The topological polar surface area (TPSA) is 30.0 Å². The lowest BCUT2D eigenvalue weighted by Gasteiger charge is -2.07. The van der Waals surface area contributed by atoms with Crippen LogP contribution in [0.25, 0.3) is 10.2 Å². The first kappa shape index (κ1) is 20.1. The highest BCUT2D eigenvalue weighted by Gasteiger charge is 2.12. The van der Waals surface area contributed by atoms with Gasteiger partial charge < -0.3 is 0 Å². The van der Waals surface area contributed by atoms with Gasteiger partial charge >= 0.3 is 0 Å². The molecule has 1 aromatic heterocycles. The lowest BCUT2D eigenvalue weighted by atomic mass is 10.0. The first-order chi connectivity index (χ1) is 13.5. The minimum atomic E-state index is 0.0460. The maximum atomic E-state index is 12.6. The van der Waals surface area contributed by atoms with Crippen LogP contribution < -0.4 is 0 Å². The van der Waals surface area contributed by atoms with Gasteiger partial charge in [0.05, 0.1) is 15.2 Å². The van der Waals surface area contributed by atoms with Crippen molar-refractivity contribution in [2.24, 2.45) is 0 Å². The molecule has 2 nitrogen and oxygen atoms in total. The molecule has 0 aliphatic heterocycles. The number of Topliss-reactive ketones (excluding diaryl/α,β-unsaturated/α-hetero) is 1. The Hall–Kier alpha value is -1.18. The van der Waals surface area contributed by atoms with Gasteiger partial charge in [-0.05, 0) is 48.0 Å². The van der Waals surface area contributed by atoms with Crippen molar-refractivity contribution in [1.29, 1.82) is 0 Å². The van der Waals surface area contributed by atoms with Crippen LogP contribution in [0.4, 0.5) is 0 Å². The summed E-state index contributed by atoms with van der Waals surface area (Å²) in [4.78, 5) is 18.2. The van der Waals surface area contributed by atoms with E-state index in [2.05, 4.69) is 42.9 Å². The zero-order valence-corrected chi connectivity index (χ0v) is 19.8. The second-order valence-electron chi connectivity index (χ2n) is 6.07. The number of aromatic nitrogens is 1. The van der Waals surface area contributed by atoms with E-state index in [9.17, 15) is 4.79 Å². The summed E-state index contributed by atoms with van der Waals surface area (Å²) >= 11 is 16.5. The third-order valence-corrected chi connectivity index (χ3v) is 7.53. The van der Waals surface area contributed by atoms with Crippen molar-refractivity contribution in [3.8, 4) is 0 Å². The zero-order chi connectivity index (χ0) is 19.7. The Balaban J connectivity index is 1.51. The van der Waals surface area contributed by atoms with Gasteiger partial charge in [-0.2, -0.15) is 0 Å². The number of halogens is 3. The number of fused-ring (bicyclic) bond motifs is 1. The Morgan fingerprint density at radius 1 is 1.04 bits per heavy atom. The Labute approximate surface area is 192 Å². The molecule has 1 heterocycles. The summed E-state index contributed by atoms with van der Waals surface area (Å²) in [5.74, 6) is 0.0460. The van der Waals surface area contributed by atoms with Crippen LogP contribution in [-0.4, -0.2) is 10.8 Å². The predicted molar refractivity (Wildman–Crippen MR) is 125 cm³/mol. The fourth-order valence-corrected chi connectivity index (χ4v) is 6.37. The van der Waals surface area contributed by atoms with E-state index in [0.29, 0.717) is 17.0 Å². The predicted octanol–water partition coefficient (Wildman–Crippen LogP) is 8.05. The molecule has 0 atom stereocenters. The molecule has 3 aromatic carbocycles. The third-order valence-electron chi connectivity index (χ3n) is 4.02. The number of para-hydroxylation sites is 1. The molecule has 7 heteroatoms. The number of carbonyl (C=O) groups excluding carboxylic acids is 1. The molecule has 28 heavy (non-hydrogen) atoms. The monoisotopic (exact) mass is 551 g/mol. The Bertz CT molecular complexity index is 1140. The summed E-state index contributed by atoms with van der Waals surface area (Å²) in [7, 11) is 0. The number of benzene rings is 3. The highest BCUT2D eigenvalue weighted by Crippen LogP contribution is 2.38. The lowest BCUT2D eigenvalue weighted by Crippen LogP contribution is -2.03. The molecule has 0 fully saturated rings. The van der Waals surface area contributed by atoms with Gasteiger partial charge in [-0.3, -0.25) is 4.79 Å². The number of ketones is 1. The van der Waals surface area contributed by atoms with Gasteiger partial charge in [-0.1, -0.05) is 73.4 Å². The van der Waals surface area contributed by atoms with Crippen LogP contribution in [0.3, 0.4) is 0 Å². The van der Waals surface area contributed by atoms with E-state index in [1.807, 2.05) is 54.6 Å². The molecular formula is C21H12Br2ClNOS2. The van der Waals surface area contributed by atoms with Crippen LogP contribution >= 0.6 is 66.6 Å². The maximum Gasteiger partial charge on any atom is 0.167 e. The molecule has 0 saturated heterocycles. The van der Waals surface area contributed by atoms with Gasteiger partial charge in [0, 0.05) is 25.8 Å². The SMILES string of the molecule is O=C(Cc1ccc(Sc2nc3ccccc3s2)c(Cl)c1)c1cc(Br)cc(Br)c1. The molecule has 4 rings (SSSR count). The average molecular weight is 554 g/mol. The maximum absolute atomic E-state index is 12.6. The average Bonchev–Trinajstić information content (AvgIpc) is 3.05. The molecule has 4 aromatic rings. The highest BCUT2D eigenvalue weighted by molar-refractivity contribution is 9.11. The van der Waals surface area contributed by atoms with Crippen LogP contribution in [-0.2, 0) is 6.42 Å². The third kappa shape index (κ3) is 4.69. The molecule has 0 bridgehead atoms. The fraction of sp³-hybridized carbons (Fsp3) is 0.0476. The Kier molecular flexibility index (Phi) is 6.23. The minimum absolute atomic E-state index is 0.0460. The van der Waals surface area contributed by atoms with E-state index >= 15 is 0 Å². The van der Waals surface area contributed by atoms with Crippen LogP contribution in [0.5, 0.6) is 0 Å². The number of thiazole rings is 1. The van der Waals surface area contributed by atoms with Crippen LogP contribution in [0.1, 0.15) is 15.9 Å². The summed E-state index contributed by atoms with van der Waals surface area (Å²) in [6, 6.07) is 19.4. The first-order valence-electron chi connectivity index (χ1n) is 8.29. The summed E-state index contributed by atoms with van der Waals surface area (Å²) in [5, 5.41) is 0.630. The number of hydrogen-bond acceptors (Lipinski definition) is 4. The van der Waals surface area contributed by atoms with E-state index in [-0.39, 0.29) is 5.78 Å². The number of hydrogen-bond donors (Lipinski definition) is 0. The Morgan fingerprint density at radius 3 is 2.50 bits per heavy atom. The first-order valence-corrected chi connectivity index (χ1v) is 11.9. The van der Waals surface area contributed by atoms with E-state index < -0.39 is 0 Å². The van der Waals surface area contributed by atoms with Crippen LogP contribution in [0, 0.1) is 0 Å². The molecule has 140 valence electrons. The van der Waals surface area contributed by atoms with Crippen LogP contribution in [0.15, 0.2) is 78.8 Å². The van der Waals surface area contributed by atoms with Crippen molar-refractivity contribution in [1.82, 2.24) is 4.98 Å². The van der Waals surface area contributed by atoms with Crippen molar-refractivity contribution in [2.45, 2.75) is 15.7 Å². The minimum Gasteiger partial charge on any atom is -0.294 e. The van der Waals surface area contributed by atoms with Crippen LogP contribution in [0.2, 0.25) is 5.02 Å². The largest absolute Gasteiger partial charge is 0.294 e. The number of nitrogens with zero attached hydrogens (tertiary/aromatic N) is 1. The normalized spacial score (nSPS) is 11.1. The number of carbonyl (C=O) groups is 1. The molecule has 0 amide bonds. The fourth-order valence-electron chi connectivity index (χ4n) is 2.73. The van der Waals surface area contributed by atoms with Gasteiger partial charge in [0.25, 0.3) is 0 Å². The van der Waals surface area contributed by atoms with Crippen molar-refractivity contribution < 1.29 is 4.79 Å². The molecule has 0 unspecified atom stereocenters. The molecule has 0 aliphatic carbocycles. The quantitative estimate of drug-likeness (QED) is 0.234. The second-order valence-corrected chi connectivity index (χ2v) is 10.6. The molecule has 0 N–H and O–H groups in total. The number of rotatable bonds is 5. The smallest absolute Gasteiger partial charge is 0.167 e. The Morgan fingerprint density at radius 2 is 1.79 bits per heavy atom. The molecule has 0 radical (unpaired) electrons. The molecule has 0 spiro atoms. The van der Waals surface area contributed by atoms with E-state index in [4.69, 9.17) is 11.6 Å². The van der Waals surface area contributed by atoms with Gasteiger partial charge in [0.2, 0.25) is 0 Å². The van der Waals surface area contributed by atoms with E-state index in [0.717, 1.165) is 34.0 Å². The zero-order valence-electron chi connectivity index (χ0n) is 14.3. The van der Waals surface area contributed by atoms with E-state index in [1.54, 1.807) is 23.1 Å². The molecule has 0 aliphatic rings. The van der Waals surface area contributed by atoms with Crippen molar-refractivity contribution in [3.05, 3.63) is 85.8 Å². The summed E-state index contributed by atoms with van der Waals surface area (Å²) in [6.45, 7) is 0. The standard InChI is InChI=1S/C21H12Br2ClNOS2/c22-14-9-13(10-15(23)11-14)18(26)8-12-5-6-19(16(24)7-12)27-21-25-17-3-1-2-4-20(17)28-21/h1-7,9-11H,8H2. The van der Waals surface area contributed by atoms with Crippen molar-refractivity contribution in [3.63, 3.8) is 0 Å². The van der Waals surface area contributed by atoms with Crippen molar-refractivity contribution in [2.75, 3.05) is 0 Å². The molecular weight excluding hydrogens is 542 g/mol. The highest BCUT2D eigenvalue weighted by atomic mass is 79.9. The second kappa shape index (κ2) is 8.67. The van der Waals surface area contributed by atoms with E-state index in [1.165, 1.54) is 0 Å². The summed E-state index contributed by atoms with van der Waals surface area (Å²) in [5.41, 5.74) is 2.54. The van der Waals surface area contributed by atoms with Gasteiger partial charge in [0.1, 0.15) is 0 Å². The van der Waals surface area contributed by atoms with Gasteiger partial charge in [-0.25, -0.2) is 4.98 Å². The summed E-state index contributed by atoms with van der Waals surface area (Å²) in [6.07, 6.45) is 0.300. The van der Waals surface area contributed by atoms with Gasteiger partial charge in [-0.15, -0.1) is 11.3 Å². The molecule has 0 saturated carbocycles. The summed E-state index contributed by atoms with van der Waals surface area (Å²) < 4.78 is 3.84. The lowest BCUT2D eigenvalue weighted by molar-refractivity contribution is 0.0993. The van der Waals surface area contributed by atoms with Crippen molar-refractivity contribution >= 4 is 82.6 Å².